The maximum Gasteiger partial charge on any atom is 0.332 e. The second-order valence-corrected chi connectivity index (χ2v) is 8.01. The summed E-state index contributed by atoms with van der Waals surface area (Å²) in [5.41, 5.74) is 2.66. The molecule has 0 radical (unpaired) electrons. The Kier molecular flexibility index (Phi) is 7.22. The maximum atomic E-state index is 12.9. The highest BCUT2D eigenvalue weighted by molar-refractivity contribution is 6.13. The fourth-order valence-electron chi connectivity index (χ4n) is 3.77. The zero-order valence-corrected chi connectivity index (χ0v) is 19.1. The number of carbonyl (C=O) groups excluding carboxylic acids is 3. The smallest absolute Gasteiger partial charge is 0.332 e. The molecule has 0 unspecified atom stereocenters. The van der Waals surface area contributed by atoms with Gasteiger partial charge in [-0.1, -0.05) is 60.7 Å². The number of para-hydroxylation sites is 1. The molecule has 4 rings (SSSR count). The van der Waals surface area contributed by atoms with Gasteiger partial charge in [-0.3, -0.25) is 19.4 Å². The maximum absolute atomic E-state index is 12.9. The van der Waals surface area contributed by atoms with Crippen LogP contribution >= 0.6 is 0 Å². The van der Waals surface area contributed by atoms with E-state index in [-0.39, 0.29) is 24.9 Å². The molecule has 7 heteroatoms. The van der Waals surface area contributed by atoms with E-state index in [9.17, 15) is 14.4 Å². The number of hydrogen-bond donors (Lipinski definition) is 0. The predicted molar refractivity (Wildman–Crippen MR) is 129 cm³/mol. The Bertz CT molecular complexity index is 1130. The average molecular weight is 458 g/mol. The summed E-state index contributed by atoms with van der Waals surface area (Å²) in [6.07, 6.45) is 0. The first-order chi connectivity index (χ1) is 16.5. The van der Waals surface area contributed by atoms with Crippen molar-refractivity contribution < 1.29 is 19.1 Å². The van der Waals surface area contributed by atoms with Gasteiger partial charge in [0, 0.05) is 18.8 Å². The third kappa shape index (κ3) is 5.43. The molecule has 0 saturated carbocycles. The van der Waals surface area contributed by atoms with Crippen molar-refractivity contribution in [1.29, 1.82) is 0 Å². The fourth-order valence-corrected chi connectivity index (χ4v) is 3.77. The highest BCUT2D eigenvalue weighted by Gasteiger charge is 2.38. The average Bonchev–Trinajstić information content (AvgIpc) is 3.16. The molecular weight excluding hydrogens is 430 g/mol. The van der Waals surface area contributed by atoms with Gasteiger partial charge in [-0.25, -0.2) is 4.79 Å². The molecule has 34 heavy (non-hydrogen) atoms. The normalized spacial score (nSPS) is 13.3. The first-order valence-corrected chi connectivity index (χ1v) is 11.3. The van der Waals surface area contributed by atoms with Crippen molar-refractivity contribution in [3.8, 4) is 5.75 Å². The van der Waals surface area contributed by atoms with Crippen molar-refractivity contribution in [2.24, 2.45) is 0 Å². The van der Waals surface area contributed by atoms with Gasteiger partial charge in [-0.2, -0.15) is 0 Å². The Morgan fingerprint density at radius 3 is 2.18 bits per heavy atom. The summed E-state index contributed by atoms with van der Waals surface area (Å²) in [4.78, 5) is 42.2. The number of nitrogens with zero attached hydrogens (tertiary/aromatic N) is 3. The van der Waals surface area contributed by atoms with E-state index in [4.69, 9.17) is 4.74 Å². The number of urea groups is 1. The molecule has 1 fully saturated rings. The summed E-state index contributed by atoms with van der Waals surface area (Å²) in [7, 11) is 0. The minimum absolute atomic E-state index is 0.0628. The van der Waals surface area contributed by atoms with Crippen LogP contribution in [0.2, 0.25) is 0 Å². The summed E-state index contributed by atoms with van der Waals surface area (Å²) in [5.74, 6) is 0.0953. The molecule has 0 bridgehead atoms. The topological polar surface area (TPSA) is 70.2 Å². The lowest BCUT2D eigenvalue weighted by atomic mass is 10.2. The van der Waals surface area contributed by atoms with Gasteiger partial charge in [0.05, 0.1) is 0 Å². The second kappa shape index (κ2) is 10.7. The van der Waals surface area contributed by atoms with Gasteiger partial charge in [-0.15, -0.1) is 0 Å². The summed E-state index contributed by atoms with van der Waals surface area (Å²) >= 11 is 0. The van der Waals surface area contributed by atoms with Crippen LogP contribution in [0.15, 0.2) is 84.9 Å². The molecule has 0 aromatic heterocycles. The van der Waals surface area contributed by atoms with Gasteiger partial charge in [0.1, 0.15) is 25.4 Å². The van der Waals surface area contributed by atoms with E-state index in [0.29, 0.717) is 25.4 Å². The van der Waals surface area contributed by atoms with Gasteiger partial charge in [0.2, 0.25) is 5.91 Å². The van der Waals surface area contributed by atoms with Crippen LogP contribution in [-0.4, -0.2) is 47.3 Å². The van der Waals surface area contributed by atoms with Crippen LogP contribution in [0.5, 0.6) is 5.75 Å². The molecule has 4 amide bonds. The van der Waals surface area contributed by atoms with Crippen LogP contribution in [0.4, 0.5) is 10.5 Å². The number of carbonyl (C=O) groups is 3. The molecule has 3 aromatic carbocycles. The Balaban J connectivity index is 1.33. The van der Waals surface area contributed by atoms with Crippen LogP contribution < -0.4 is 9.64 Å². The molecular formula is C27H27N3O4. The Hall–Kier alpha value is -4.13. The molecule has 0 aliphatic carbocycles. The number of anilines is 1. The zero-order valence-electron chi connectivity index (χ0n) is 19.1. The molecule has 3 aromatic rings. The molecule has 7 nitrogen and oxygen atoms in total. The van der Waals surface area contributed by atoms with Crippen molar-refractivity contribution in [2.75, 3.05) is 24.5 Å². The zero-order chi connectivity index (χ0) is 23.9. The third-order valence-corrected chi connectivity index (χ3v) is 5.70. The SMILES string of the molecule is CCN(Cc1ccc(OCc2ccccc2)cc1)C(=O)CN1C(=O)CN(c2ccccc2)C1=O. The van der Waals surface area contributed by atoms with Crippen molar-refractivity contribution in [1.82, 2.24) is 9.80 Å². The van der Waals surface area contributed by atoms with E-state index in [1.165, 1.54) is 4.90 Å². The summed E-state index contributed by atoms with van der Waals surface area (Å²) < 4.78 is 5.82. The first kappa shape index (κ1) is 23.0. The summed E-state index contributed by atoms with van der Waals surface area (Å²) in [5, 5.41) is 0. The highest BCUT2D eigenvalue weighted by atomic mass is 16.5. The number of amides is 4. The van der Waals surface area contributed by atoms with E-state index in [1.54, 1.807) is 29.2 Å². The molecule has 1 aliphatic rings. The van der Waals surface area contributed by atoms with Crippen molar-refractivity contribution in [3.05, 3.63) is 96.1 Å². The number of imide groups is 1. The molecule has 1 saturated heterocycles. The van der Waals surface area contributed by atoms with E-state index < -0.39 is 6.03 Å². The minimum Gasteiger partial charge on any atom is -0.489 e. The van der Waals surface area contributed by atoms with Crippen LogP contribution in [0.25, 0.3) is 0 Å². The van der Waals surface area contributed by atoms with Gasteiger partial charge < -0.3 is 9.64 Å². The number of hydrogen-bond acceptors (Lipinski definition) is 4. The standard InChI is InChI=1S/C27H27N3O4/c1-2-28(17-21-13-15-24(16-14-21)34-20-22-9-5-3-6-10-22)25(31)18-30-26(32)19-29(27(30)33)23-11-7-4-8-12-23/h3-16H,2,17-20H2,1H3. The lowest BCUT2D eigenvalue weighted by Gasteiger charge is -2.24. The lowest BCUT2D eigenvalue weighted by Crippen LogP contribution is -2.43. The molecule has 0 spiro atoms. The van der Waals surface area contributed by atoms with E-state index in [2.05, 4.69) is 0 Å². The number of likely N-dealkylation sites (N-methyl/N-ethyl adjacent to an activating group) is 1. The van der Waals surface area contributed by atoms with Crippen LogP contribution in [0, 0.1) is 0 Å². The monoisotopic (exact) mass is 457 g/mol. The van der Waals surface area contributed by atoms with Crippen molar-refractivity contribution in [3.63, 3.8) is 0 Å². The molecule has 0 N–H and O–H groups in total. The Morgan fingerprint density at radius 1 is 0.882 bits per heavy atom. The largest absolute Gasteiger partial charge is 0.489 e. The van der Waals surface area contributed by atoms with Crippen LogP contribution in [0.1, 0.15) is 18.1 Å². The van der Waals surface area contributed by atoms with Crippen molar-refractivity contribution in [2.45, 2.75) is 20.1 Å². The first-order valence-electron chi connectivity index (χ1n) is 11.3. The van der Waals surface area contributed by atoms with Crippen molar-refractivity contribution >= 4 is 23.5 Å². The summed E-state index contributed by atoms with van der Waals surface area (Å²) in [6, 6.07) is 26.0. The van der Waals surface area contributed by atoms with Gasteiger partial charge in [0.25, 0.3) is 5.91 Å². The Labute approximate surface area is 199 Å². The quantitative estimate of drug-likeness (QED) is 0.454. The lowest BCUT2D eigenvalue weighted by molar-refractivity contribution is -0.136. The molecule has 1 aliphatic heterocycles. The number of ether oxygens (including phenoxy) is 1. The van der Waals surface area contributed by atoms with Crippen LogP contribution in [0.3, 0.4) is 0 Å². The third-order valence-electron chi connectivity index (χ3n) is 5.70. The van der Waals surface area contributed by atoms with E-state index >= 15 is 0 Å². The predicted octanol–water partition coefficient (Wildman–Crippen LogP) is 4.08. The highest BCUT2D eigenvalue weighted by Crippen LogP contribution is 2.21. The van der Waals surface area contributed by atoms with Gasteiger partial charge >= 0.3 is 6.03 Å². The number of benzene rings is 3. The Morgan fingerprint density at radius 2 is 1.53 bits per heavy atom. The molecule has 1 heterocycles. The van der Waals surface area contributed by atoms with Gasteiger partial charge in [0.15, 0.2) is 0 Å². The van der Waals surface area contributed by atoms with E-state index in [1.807, 2.05) is 67.6 Å². The molecule has 0 atom stereocenters. The number of rotatable bonds is 9. The minimum atomic E-state index is -0.472. The van der Waals surface area contributed by atoms with Gasteiger partial charge in [-0.05, 0) is 42.3 Å². The van der Waals surface area contributed by atoms with E-state index in [0.717, 1.165) is 21.8 Å². The molecule has 174 valence electrons. The van der Waals surface area contributed by atoms with Crippen LogP contribution in [-0.2, 0) is 22.7 Å². The fraction of sp³-hybridized carbons (Fsp3) is 0.222. The summed E-state index contributed by atoms with van der Waals surface area (Å²) in [6.45, 7) is 2.87. The second-order valence-electron chi connectivity index (χ2n) is 8.01.